The molecule has 1 aromatic heterocycles. The topological polar surface area (TPSA) is 75.5 Å². The van der Waals surface area contributed by atoms with Gasteiger partial charge in [0, 0.05) is 47.7 Å². The maximum atomic E-state index is 12.2. The number of carbonyl (C=O) groups is 1. The Kier molecular flexibility index (Phi) is 5.60. The molecule has 0 spiro atoms. The molecule has 1 N–H and O–H groups in total. The first-order valence-electron chi connectivity index (χ1n) is 8.43. The van der Waals surface area contributed by atoms with Crippen molar-refractivity contribution < 1.29 is 9.72 Å². The molecule has 26 heavy (non-hydrogen) atoms. The number of amides is 1. The largest absolute Gasteiger partial charge is 0.351 e. The molecule has 6 nitrogen and oxygen atoms in total. The molecule has 1 amide bonds. The van der Waals surface area contributed by atoms with Crippen LogP contribution in [0.1, 0.15) is 40.7 Å². The van der Waals surface area contributed by atoms with Gasteiger partial charge in [0.2, 0.25) is 0 Å². The van der Waals surface area contributed by atoms with Gasteiger partial charge in [-0.25, -0.2) is 0 Å². The number of nitrogens with zero attached hydrogens (tertiary/aromatic N) is 2. The average molecular weight is 394 g/mol. The molecule has 0 saturated carbocycles. The normalized spacial score (nSPS) is 19.8. The number of halogens is 1. The second kappa shape index (κ2) is 7.73. The Morgan fingerprint density at radius 2 is 2.08 bits per heavy atom. The summed E-state index contributed by atoms with van der Waals surface area (Å²) in [6.45, 7) is 5.59. The number of non-ortho nitro benzene ring substituents is 1. The number of carbonyl (C=O) groups excluding carboxylic acids is 1. The molecule has 1 aliphatic rings. The van der Waals surface area contributed by atoms with E-state index in [2.05, 4.69) is 30.1 Å². The van der Waals surface area contributed by atoms with E-state index in [9.17, 15) is 14.9 Å². The molecule has 2 unspecified atom stereocenters. The molecular formula is C18H20ClN3O3S. The highest BCUT2D eigenvalue weighted by molar-refractivity contribution is 7.16. The van der Waals surface area contributed by atoms with Crippen molar-refractivity contribution in [1.82, 2.24) is 10.2 Å². The third kappa shape index (κ3) is 3.90. The summed E-state index contributed by atoms with van der Waals surface area (Å²) in [7, 11) is 0. The lowest BCUT2D eigenvalue weighted by atomic mass is 9.97. The number of nitrogens with one attached hydrogen (secondary N) is 1. The van der Waals surface area contributed by atoms with E-state index in [1.54, 1.807) is 11.3 Å². The highest BCUT2D eigenvalue weighted by Gasteiger charge is 2.30. The lowest BCUT2D eigenvalue weighted by Gasteiger charge is -2.38. The third-order valence-electron chi connectivity index (χ3n) is 4.77. The average Bonchev–Trinajstić information content (AvgIpc) is 2.98. The minimum absolute atomic E-state index is 0.0251. The number of fused-ring (bicyclic) bond motifs is 1. The Morgan fingerprint density at radius 3 is 2.73 bits per heavy atom. The van der Waals surface area contributed by atoms with Gasteiger partial charge in [0.25, 0.3) is 11.6 Å². The molecule has 2 atom stereocenters. The maximum absolute atomic E-state index is 12.2. The van der Waals surface area contributed by atoms with Crippen LogP contribution in [0, 0.1) is 10.1 Å². The van der Waals surface area contributed by atoms with Gasteiger partial charge < -0.3 is 5.32 Å². The molecular weight excluding hydrogens is 374 g/mol. The van der Waals surface area contributed by atoms with Crippen LogP contribution in [0.25, 0.3) is 0 Å². The number of hydrogen-bond donors (Lipinski definition) is 1. The maximum Gasteiger partial charge on any atom is 0.269 e. The summed E-state index contributed by atoms with van der Waals surface area (Å²) in [6, 6.07) is 8.32. The van der Waals surface area contributed by atoms with Crippen LogP contribution in [0.15, 0.2) is 30.3 Å². The summed E-state index contributed by atoms with van der Waals surface area (Å²) < 4.78 is 0.822. The molecule has 0 saturated heterocycles. The molecule has 1 aliphatic heterocycles. The van der Waals surface area contributed by atoms with Gasteiger partial charge in [0.15, 0.2) is 0 Å². The van der Waals surface area contributed by atoms with Gasteiger partial charge in [-0.15, -0.1) is 11.3 Å². The van der Waals surface area contributed by atoms with E-state index in [0.29, 0.717) is 18.2 Å². The number of thiophene rings is 1. The Bertz CT molecular complexity index is 822. The van der Waals surface area contributed by atoms with Crippen molar-refractivity contribution in [2.24, 2.45) is 0 Å². The van der Waals surface area contributed by atoms with Gasteiger partial charge in [0.05, 0.1) is 9.26 Å². The molecule has 0 aliphatic carbocycles. The highest BCUT2D eigenvalue weighted by Crippen LogP contribution is 2.39. The molecule has 0 radical (unpaired) electrons. The Morgan fingerprint density at radius 1 is 1.38 bits per heavy atom. The summed E-state index contributed by atoms with van der Waals surface area (Å²) in [4.78, 5) is 26.1. The summed E-state index contributed by atoms with van der Waals surface area (Å²) in [5.74, 6) is -0.225. The van der Waals surface area contributed by atoms with Gasteiger partial charge in [-0.1, -0.05) is 11.6 Å². The minimum Gasteiger partial charge on any atom is -0.351 e. The second-order valence-corrected chi connectivity index (χ2v) is 8.18. The van der Waals surface area contributed by atoms with Crippen LogP contribution < -0.4 is 5.32 Å². The predicted octanol–water partition coefficient (Wildman–Crippen LogP) is 4.05. The van der Waals surface area contributed by atoms with Crippen molar-refractivity contribution >= 4 is 34.5 Å². The van der Waals surface area contributed by atoms with E-state index in [1.165, 1.54) is 34.7 Å². The van der Waals surface area contributed by atoms with Crippen LogP contribution in [0.5, 0.6) is 0 Å². The van der Waals surface area contributed by atoms with E-state index in [1.807, 2.05) is 0 Å². The highest BCUT2D eigenvalue weighted by atomic mass is 35.5. The SMILES string of the molecule is CC1Cc2cc(Cl)sc2C(C)N1CCNC(=O)c1ccc([N+](=O)[O-])cc1. The number of rotatable bonds is 5. The van der Waals surface area contributed by atoms with Gasteiger partial charge >= 0.3 is 0 Å². The van der Waals surface area contributed by atoms with Gasteiger partial charge in [-0.2, -0.15) is 0 Å². The molecule has 1 aromatic carbocycles. The summed E-state index contributed by atoms with van der Waals surface area (Å²) in [5.41, 5.74) is 1.72. The van der Waals surface area contributed by atoms with Crippen molar-refractivity contribution in [2.75, 3.05) is 13.1 Å². The lowest BCUT2D eigenvalue weighted by molar-refractivity contribution is -0.384. The van der Waals surface area contributed by atoms with Crippen molar-refractivity contribution in [3.63, 3.8) is 0 Å². The Balaban J connectivity index is 1.57. The predicted molar refractivity (Wildman–Crippen MR) is 103 cm³/mol. The van der Waals surface area contributed by atoms with Crippen LogP contribution in [-0.4, -0.2) is 34.9 Å². The van der Waals surface area contributed by atoms with Crippen LogP contribution in [-0.2, 0) is 6.42 Å². The minimum atomic E-state index is -0.480. The molecule has 138 valence electrons. The Labute approximate surface area is 160 Å². The smallest absolute Gasteiger partial charge is 0.269 e. The first-order valence-corrected chi connectivity index (χ1v) is 9.62. The molecule has 2 aromatic rings. The van der Waals surface area contributed by atoms with Gasteiger partial charge in [0.1, 0.15) is 0 Å². The zero-order valence-corrected chi connectivity index (χ0v) is 16.1. The Hall–Kier alpha value is -1.96. The monoisotopic (exact) mass is 393 g/mol. The summed E-state index contributed by atoms with van der Waals surface area (Å²) in [5, 5.41) is 13.6. The lowest BCUT2D eigenvalue weighted by Crippen LogP contribution is -2.44. The van der Waals surface area contributed by atoms with Crippen molar-refractivity contribution in [1.29, 1.82) is 0 Å². The third-order valence-corrected chi connectivity index (χ3v) is 6.24. The van der Waals surface area contributed by atoms with Crippen LogP contribution in [0.4, 0.5) is 5.69 Å². The van der Waals surface area contributed by atoms with Crippen LogP contribution in [0.3, 0.4) is 0 Å². The number of nitro benzene ring substituents is 1. The second-order valence-electron chi connectivity index (χ2n) is 6.47. The quantitative estimate of drug-likeness (QED) is 0.614. The zero-order chi connectivity index (χ0) is 18.8. The summed E-state index contributed by atoms with van der Waals surface area (Å²) >= 11 is 7.78. The van der Waals surface area contributed by atoms with E-state index < -0.39 is 4.92 Å². The van der Waals surface area contributed by atoms with Gasteiger partial charge in [-0.05, 0) is 44.0 Å². The first-order chi connectivity index (χ1) is 12.4. The fourth-order valence-corrected chi connectivity index (χ4v) is 4.81. The standard InChI is InChI=1S/C18H20ClN3O3S/c1-11-9-14-10-16(19)26-17(14)12(2)21(11)8-7-20-18(23)13-3-5-15(6-4-13)22(24)25/h3-6,10-12H,7-9H2,1-2H3,(H,20,23). The molecule has 0 fully saturated rings. The van der Waals surface area contributed by atoms with Crippen LogP contribution in [0.2, 0.25) is 4.34 Å². The van der Waals surface area contributed by atoms with E-state index in [0.717, 1.165) is 17.3 Å². The fraction of sp³-hybridized carbons (Fsp3) is 0.389. The van der Waals surface area contributed by atoms with E-state index in [-0.39, 0.29) is 17.6 Å². The molecule has 2 heterocycles. The molecule has 3 rings (SSSR count). The van der Waals surface area contributed by atoms with E-state index >= 15 is 0 Å². The molecule has 0 bridgehead atoms. The van der Waals surface area contributed by atoms with E-state index in [4.69, 9.17) is 11.6 Å². The zero-order valence-electron chi connectivity index (χ0n) is 14.6. The van der Waals surface area contributed by atoms with Crippen molar-refractivity contribution in [2.45, 2.75) is 32.4 Å². The van der Waals surface area contributed by atoms with Crippen molar-refractivity contribution in [3.05, 3.63) is 60.8 Å². The van der Waals surface area contributed by atoms with Gasteiger partial charge in [-0.3, -0.25) is 19.8 Å². The summed E-state index contributed by atoms with van der Waals surface area (Å²) in [6.07, 6.45) is 0.958. The number of benzene rings is 1. The molecule has 8 heteroatoms. The fourth-order valence-electron chi connectivity index (χ4n) is 3.44. The number of hydrogen-bond acceptors (Lipinski definition) is 5. The number of nitro groups is 1. The van der Waals surface area contributed by atoms with Crippen LogP contribution >= 0.6 is 22.9 Å². The first kappa shape index (κ1) is 18.8. The van der Waals surface area contributed by atoms with Crippen molar-refractivity contribution in [3.8, 4) is 0 Å².